The van der Waals surface area contributed by atoms with Crippen LogP contribution in [-0.2, 0) is 4.74 Å². The predicted molar refractivity (Wildman–Crippen MR) is 66.4 cm³/mol. The van der Waals surface area contributed by atoms with Crippen molar-refractivity contribution in [2.75, 3.05) is 39.9 Å². The Balaban J connectivity index is 1.78. The highest BCUT2D eigenvalue weighted by Crippen LogP contribution is 2.30. The minimum atomic E-state index is 0.243. The van der Waals surface area contributed by atoms with E-state index >= 15 is 0 Å². The monoisotopic (exact) mass is 226 g/mol. The van der Waals surface area contributed by atoms with Crippen molar-refractivity contribution in [2.45, 2.75) is 32.1 Å². The summed E-state index contributed by atoms with van der Waals surface area (Å²) in [6, 6.07) is 0. The van der Waals surface area contributed by atoms with Gasteiger partial charge in [0.25, 0.3) is 0 Å². The van der Waals surface area contributed by atoms with E-state index in [1.165, 1.54) is 32.2 Å². The van der Waals surface area contributed by atoms with E-state index in [-0.39, 0.29) is 5.41 Å². The van der Waals surface area contributed by atoms with Crippen LogP contribution in [0.3, 0.4) is 0 Å². The summed E-state index contributed by atoms with van der Waals surface area (Å²) in [5.41, 5.74) is 6.16. The van der Waals surface area contributed by atoms with Gasteiger partial charge in [0.2, 0.25) is 0 Å². The average molecular weight is 226 g/mol. The van der Waals surface area contributed by atoms with E-state index in [1.807, 2.05) is 0 Å². The highest BCUT2D eigenvalue weighted by molar-refractivity contribution is 4.87. The average Bonchev–Trinajstić information content (AvgIpc) is 2.90. The zero-order valence-electron chi connectivity index (χ0n) is 10.6. The molecule has 1 heterocycles. The van der Waals surface area contributed by atoms with Gasteiger partial charge in [0.15, 0.2) is 0 Å². The lowest BCUT2D eigenvalue weighted by Crippen LogP contribution is -2.42. The number of rotatable bonds is 5. The van der Waals surface area contributed by atoms with Crippen LogP contribution in [0.2, 0.25) is 0 Å². The quantitative estimate of drug-likeness (QED) is 0.771. The van der Waals surface area contributed by atoms with Crippen LogP contribution in [0.5, 0.6) is 0 Å². The summed E-state index contributed by atoms with van der Waals surface area (Å²) in [5.74, 6) is 0.933. The van der Waals surface area contributed by atoms with Crippen molar-refractivity contribution >= 4 is 0 Å². The molecule has 3 nitrogen and oxygen atoms in total. The number of hydrogen-bond donors (Lipinski definition) is 1. The van der Waals surface area contributed by atoms with Gasteiger partial charge in [0, 0.05) is 31.7 Å². The zero-order valence-corrected chi connectivity index (χ0v) is 10.6. The fourth-order valence-electron chi connectivity index (χ4n) is 3.27. The van der Waals surface area contributed by atoms with E-state index in [9.17, 15) is 0 Å². The third-order valence-electron chi connectivity index (χ3n) is 4.27. The summed E-state index contributed by atoms with van der Waals surface area (Å²) in [6.07, 6.45) is 6.86. The molecule has 0 radical (unpaired) electrons. The summed E-state index contributed by atoms with van der Waals surface area (Å²) in [7, 11) is 2.24. The summed E-state index contributed by atoms with van der Waals surface area (Å²) < 4.78 is 5.52. The fourth-order valence-corrected chi connectivity index (χ4v) is 3.27. The molecule has 2 fully saturated rings. The predicted octanol–water partition coefficient (Wildman–Crippen LogP) is 1.47. The van der Waals surface area contributed by atoms with Gasteiger partial charge in [-0.3, -0.25) is 0 Å². The molecular weight excluding hydrogens is 200 g/mol. The van der Waals surface area contributed by atoms with Crippen LogP contribution in [0.1, 0.15) is 32.1 Å². The SMILES string of the molecule is CN(CC1CCCC1)CC1(CN)CCOC1. The van der Waals surface area contributed by atoms with E-state index < -0.39 is 0 Å². The van der Waals surface area contributed by atoms with Gasteiger partial charge in [0.05, 0.1) is 6.61 Å². The topological polar surface area (TPSA) is 38.5 Å². The second kappa shape index (κ2) is 5.48. The molecule has 94 valence electrons. The molecule has 0 aromatic rings. The Kier molecular flexibility index (Phi) is 4.22. The van der Waals surface area contributed by atoms with E-state index in [2.05, 4.69) is 11.9 Å². The van der Waals surface area contributed by atoms with Crippen molar-refractivity contribution in [2.24, 2.45) is 17.1 Å². The maximum atomic E-state index is 5.92. The van der Waals surface area contributed by atoms with Crippen molar-refractivity contribution < 1.29 is 4.74 Å². The molecule has 3 heteroatoms. The molecule has 1 atom stereocenters. The molecule has 1 unspecified atom stereocenters. The molecule has 0 aromatic carbocycles. The molecule has 0 spiro atoms. The molecule has 0 amide bonds. The number of hydrogen-bond acceptors (Lipinski definition) is 3. The minimum Gasteiger partial charge on any atom is -0.381 e. The highest BCUT2D eigenvalue weighted by atomic mass is 16.5. The van der Waals surface area contributed by atoms with Crippen LogP contribution in [0, 0.1) is 11.3 Å². The van der Waals surface area contributed by atoms with E-state index in [4.69, 9.17) is 10.5 Å². The van der Waals surface area contributed by atoms with Gasteiger partial charge in [0.1, 0.15) is 0 Å². The van der Waals surface area contributed by atoms with Crippen molar-refractivity contribution in [1.29, 1.82) is 0 Å². The molecule has 1 aliphatic heterocycles. The van der Waals surface area contributed by atoms with Crippen LogP contribution >= 0.6 is 0 Å². The molecule has 16 heavy (non-hydrogen) atoms. The molecule has 0 aromatic heterocycles. The summed E-state index contributed by atoms with van der Waals surface area (Å²) in [6.45, 7) is 4.89. The Morgan fingerprint density at radius 2 is 2.12 bits per heavy atom. The third-order valence-corrected chi connectivity index (χ3v) is 4.27. The first-order valence-corrected chi connectivity index (χ1v) is 6.70. The Labute approximate surface area is 99.3 Å². The molecule has 2 rings (SSSR count). The van der Waals surface area contributed by atoms with Gasteiger partial charge in [-0.15, -0.1) is 0 Å². The van der Waals surface area contributed by atoms with Crippen molar-refractivity contribution in [3.05, 3.63) is 0 Å². The lowest BCUT2D eigenvalue weighted by Gasteiger charge is -2.32. The van der Waals surface area contributed by atoms with Crippen molar-refractivity contribution in [1.82, 2.24) is 4.90 Å². The smallest absolute Gasteiger partial charge is 0.0547 e. The summed E-state index contributed by atoms with van der Waals surface area (Å²) in [5, 5.41) is 0. The molecule has 1 aliphatic carbocycles. The Morgan fingerprint density at radius 3 is 2.69 bits per heavy atom. The van der Waals surface area contributed by atoms with E-state index in [1.54, 1.807) is 0 Å². The number of nitrogens with two attached hydrogens (primary N) is 1. The standard InChI is InChI=1S/C13H26N2O/c1-15(8-12-4-2-3-5-12)10-13(9-14)6-7-16-11-13/h12H,2-11,14H2,1H3. The number of ether oxygens (including phenoxy) is 1. The molecule has 1 saturated carbocycles. The van der Waals surface area contributed by atoms with Gasteiger partial charge in [-0.25, -0.2) is 0 Å². The maximum Gasteiger partial charge on any atom is 0.0547 e. The molecule has 1 saturated heterocycles. The molecular formula is C13H26N2O. The van der Waals surface area contributed by atoms with Crippen LogP contribution in [-0.4, -0.2) is 44.8 Å². The third kappa shape index (κ3) is 2.96. The lowest BCUT2D eigenvalue weighted by atomic mass is 9.86. The van der Waals surface area contributed by atoms with Gasteiger partial charge in [-0.2, -0.15) is 0 Å². The zero-order chi connectivity index (χ0) is 11.4. The molecule has 0 bridgehead atoms. The summed E-state index contributed by atoms with van der Waals surface area (Å²) in [4.78, 5) is 2.48. The lowest BCUT2D eigenvalue weighted by molar-refractivity contribution is 0.119. The second-order valence-electron chi connectivity index (χ2n) is 5.85. The Hall–Kier alpha value is -0.120. The van der Waals surface area contributed by atoms with Gasteiger partial charge >= 0.3 is 0 Å². The Bertz CT molecular complexity index is 208. The number of nitrogens with zero attached hydrogens (tertiary/aromatic N) is 1. The van der Waals surface area contributed by atoms with Gasteiger partial charge in [-0.1, -0.05) is 12.8 Å². The highest BCUT2D eigenvalue weighted by Gasteiger charge is 2.35. The normalized spacial score (nSPS) is 31.7. The maximum absolute atomic E-state index is 5.92. The van der Waals surface area contributed by atoms with Gasteiger partial charge in [-0.05, 0) is 32.2 Å². The first-order valence-electron chi connectivity index (χ1n) is 6.70. The van der Waals surface area contributed by atoms with Crippen molar-refractivity contribution in [3.8, 4) is 0 Å². The van der Waals surface area contributed by atoms with E-state index in [0.717, 1.165) is 38.6 Å². The summed E-state index contributed by atoms with van der Waals surface area (Å²) >= 11 is 0. The largest absolute Gasteiger partial charge is 0.381 e. The molecule has 2 aliphatic rings. The van der Waals surface area contributed by atoms with Crippen molar-refractivity contribution in [3.63, 3.8) is 0 Å². The Morgan fingerprint density at radius 1 is 1.38 bits per heavy atom. The van der Waals surface area contributed by atoms with Crippen LogP contribution in [0.4, 0.5) is 0 Å². The van der Waals surface area contributed by atoms with Crippen LogP contribution < -0.4 is 5.73 Å². The first-order chi connectivity index (χ1) is 7.74. The van der Waals surface area contributed by atoms with Crippen LogP contribution in [0.25, 0.3) is 0 Å². The second-order valence-corrected chi connectivity index (χ2v) is 5.85. The van der Waals surface area contributed by atoms with Crippen LogP contribution in [0.15, 0.2) is 0 Å². The first kappa shape index (κ1) is 12.3. The fraction of sp³-hybridized carbons (Fsp3) is 1.00. The van der Waals surface area contributed by atoms with E-state index in [0.29, 0.717) is 0 Å². The van der Waals surface area contributed by atoms with Gasteiger partial charge < -0.3 is 15.4 Å². The minimum absolute atomic E-state index is 0.243. The molecule has 2 N–H and O–H groups in total.